The molecule has 0 aromatic heterocycles. The fourth-order valence-corrected chi connectivity index (χ4v) is 3.60. The molecule has 0 spiro atoms. The quantitative estimate of drug-likeness (QED) is 0.794. The molecule has 9 heteroatoms. The third kappa shape index (κ3) is 3.36. The Morgan fingerprint density at radius 1 is 1.32 bits per heavy atom. The van der Waals surface area contributed by atoms with Gasteiger partial charge in [-0.25, -0.2) is 4.79 Å². The van der Waals surface area contributed by atoms with E-state index < -0.39 is 23.6 Å². The summed E-state index contributed by atoms with van der Waals surface area (Å²) in [5.41, 5.74) is 0.0578. The van der Waals surface area contributed by atoms with Crippen molar-refractivity contribution in [3.05, 3.63) is 34.9 Å². The van der Waals surface area contributed by atoms with E-state index in [0.717, 1.165) is 0 Å². The predicted molar refractivity (Wildman–Crippen MR) is 95.2 cm³/mol. The second kappa shape index (κ2) is 7.29. The van der Waals surface area contributed by atoms with Gasteiger partial charge in [-0.2, -0.15) is 13.2 Å². The molecular formula is C19H19F3N2O4. The number of carbonyl (C=O) groups excluding carboxylic acids is 2. The lowest BCUT2D eigenvalue weighted by molar-refractivity contribution is -0.177. The Balaban J connectivity index is 2.21. The first kappa shape index (κ1) is 19.9. The molecule has 0 saturated heterocycles. The molecule has 1 atom stereocenters. The van der Waals surface area contributed by atoms with Crippen LogP contribution in [0.15, 0.2) is 28.8 Å². The molecule has 1 heterocycles. The summed E-state index contributed by atoms with van der Waals surface area (Å²) >= 11 is 0. The van der Waals surface area contributed by atoms with Gasteiger partial charge >= 0.3 is 18.1 Å². The molecule has 2 aliphatic rings. The Kier molecular flexibility index (Phi) is 5.18. The maximum absolute atomic E-state index is 13.0. The van der Waals surface area contributed by atoms with E-state index in [0.29, 0.717) is 41.0 Å². The molecule has 0 fully saturated rings. The number of halogens is 3. The molecule has 3 rings (SSSR count). The van der Waals surface area contributed by atoms with Gasteiger partial charge in [0, 0.05) is 24.8 Å². The molecule has 1 unspecified atom stereocenters. The van der Waals surface area contributed by atoms with Crippen LogP contribution in [0.1, 0.15) is 24.5 Å². The minimum atomic E-state index is -5.15. The van der Waals surface area contributed by atoms with E-state index in [9.17, 15) is 22.8 Å². The van der Waals surface area contributed by atoms with E-state index in [1.165, 1.54) is 13.3 Å². The summed E-state index contributed by atoms with van der Waals surface area (Å²) in [6, 6.07) is 4.96. The number of ether oxygens (including phenoxy) is 2. The number of carbonyl (C=O) groups is 2. The monoisotopic (exact) mass is 396 g/mol. The van der Waals surface area contributed by atoms with E-state index in [-0.39, 0.29) is 13.0 Å². The SMILES string of the molecule is CCOC(=O)C1(NC(=O)C(F)(F)F)Cc2cc(OC)ccc2/C1=C1/C=NCC1. The molecular weight excluding hydrogens is 377 g/mol. The maximum Gasteiger partial charge on any atom is 0.471 e. The van der Waals surface area contributed by atoms with Crippen molar-refractivity contribution in [1.29, 1.82) is 0 Å². The molecule has 6 nitrogen and oxygen atoms in total. The van der Waals surface area contributed by atoms with Crippen molar-refractivity contribution in [2.24, 2.45) is 4.99 Å². The summed E-state index contributed by atoms with van der Waals surface area (Å²) in [5.74, 6) is -2.65. The van der Waals surface area contributed by atoms with Gasteiger partial charge in [-0.05, 0) is 42.2 Å². The van der Waals surface area contributed by atoms with Crippen LogP contribution >= 0.6 is 0 Å². The third-order valence-electron chi connectivity index (χ3n) is 4.75. The van der Waals surface area contributed by atoms with Gasteiger partial charge in [-0.15, -0.1) is 0 Å². The minimum absolute atomic E-state index is 0.0428. The summed E-state index contributed by atoms with van der Waals surface area (Å²) in [7, 11) is 1.46. The zero-order valence-corrected chi connectivity index (χ0v) is 15.4. The highest BCUT2D eigenvalue weighted by molar-refractivity contribution is 6.10. The molecule has 1 aliphatic heterocycles. The van der Waals surface area contributed by atoms with Crippen molar-refractivity contribution < 1.29 is 32.2 Å². The molecule has 1 aromatic carbocycles. The molecule has 1 N–H and O–H groups in total. The molecule has 0 bridgehead atoms. The Morgan fingerprint density at radius 3 is 2.64 bits per heavy atom. The van der Waals surface area contributed by atoms with Crippen LogP contribution in [0.3, 0.4) is 0 Å². The van der Waals surface area contributed by atoms with Gasteiger partial charge < -0.3 is 14.8 Å². The van der Waals surface area contributed by atoms with Crippen molar-refractivity contribution in [3.8, 4) is 5.75 Å². The molecule has 1 amide bonds. The van der Waals surface area contributed by atoms with Gasteiger partial charge in [0.05, 0.1) is 13.7 Å². The molecule has 0 saturated carbocycles. The number of alkyl halides is 3. The lowest BCUT2D eigenvalue weighted by atomic mass is 9.86. The van der Waals surface area contributed by atoms with E-state index in [1.807, 2.05) is 5.32 Å². The van der Waals surface area contributed by atoms with Crippen molar-refractivity contribution >= 4 is 23.7 Å². The van der Waals surface area contributed by atoms with Gasteiger partial charge in [0.2, 0.25) is 0 Å². The summed E-state index contributed by atoms with van der Waals surface area (Å²) in [5, 5.41) is 1.93. The molecule has 1 aromatic rings. The highest BCUT2D eigenvalue weighted by Crippen LogP contribution is 2.45. The second-order valence-electron chi connectivity index (χ2n) is 6.46. The number of hydrogen-bond acceptors (Lipinski definition) is 5. The van der Waals surface area contributed by atoms with Crippen LogP contribution in [0.5, 0.6) is 5.75 Å². The minimum Gasteiger partial charge on any atom is -0.497 e. The van der Waals surface area contributed by atoms with Crippen molar-refractivity contribution in [3.63, 3.8) is 0 Å². The number of nitrogens with one attached hydrogen (secondary N) is 1. The van der Waals surface area contributed by atoms with Crippen LogP contribution in [0.4, 0.5) is 13.2 Å². The number of hydrogen-bond donors (Lipinski definition) is 1. The Bertz CT molecular complexity index is 876. The number of fused-ring (bicyclic) bond motifs is 1. The van der Waals surface area contributed by atoms with Gasteiger partial charge in [-0.1, -0.05) is 6.07 Å². The highest BCUT2D eigenvalue weighted by atomic mass is 19.4. The average Bonchev–Trinajstić information content (AvgIpc) is 3.26. The summed E-state index contributed by atoms with van der Waals surface area (Å²) < 4.78 is 49.4. The second-order valence-corrected chi connectivity index (χ2v) is 6.46. The van der Waals surface area contributed by atoms with E-state index in [2.05, 4.69) is 4.99 Å². The zero-order valence-electron chi connectivity index (χ0n) is 15.4. The average molecular weight is 396 g/mol. The maximum atomic E-state index is 13.0. The van der Waals surface area contributed by atoms with Gasteiger partial charge in [-0.3, -0.25) is 9.79 Å². The van der Waals surface area contributed by atoms with Crippen molar-refractivity contribution in [2.75, 3.05) is 20.3 Å². The number of esters is 1. The Labute approximate surface area is 159 Å². The number of methoxy groups -OCH3 is 1. The van der Waals surface area contributed by atoms with E-state index in [1.54, 1.807) is 25.1 Å². The van der Waals surface area contributed by atoms with Crippen LogP contribution in [-0.4, -0.2) is 50.1 Å². The smallest absolute Gasteiger partial charge is 0.471 e. The normalized spacial score (nSPS) is 23.5. The van der Waals surface area contributed by atoms with Crippen LogP contribution in [-0.2, 0) is 20.7 Å². The van der Waals surface area contributed by atoms with Crippen LogP contribution in [0.2, 0.25) is 0 Å². The first-order chi connectivity index (χ1) is 13.2. The number of nitrogens with zero attached hydrogens (tertiary/aromatic N) is 1. The lowest BCUT2D eigenvalue weighted by Gasteiger charge is -2.31. The van der Waals surface area contributed by atoms with Crippen molar-refractivity contribution in [1.82, 2.24) is 5.32 Å². The number of benzene rings is 1. The summed E-state index contributed by atoms with van der Waals surface area (Å²) in [6.45, 7) is 1.96. The largest absolute Gasteiger partial charge is 0.497 e. The standard InChI is InChI=1S/C19H19F3N2O4/c1-3-28-17(26)18(24-16(25)19(20,21)22)9-12-8-13(27-2)4-5-14(12)15(18)11-6-7-23-10-11/h4-5,8,10H,3,6-7,9H2,1-2H3,(H,24,25)/b15-11-. The number of rotatable bonds is 4. The van der Waals surface area contributed by atoms with E-state index in [4.69, 9.17) is 9.47 Å². The van der Waals surface area contributed by atoms with Crippen LogP contribution in [0.25, 0.3) is 5.57 Å². The topological polar surface area (TPSA) is 77.0 Å². The van der Waals surface area contributed by atoms with Crippen LogP contribution < -0.4 is 10.1 Å². The lowest BCUT2D eigenvalue weighted by Crippen LogP contribution is -2.58. The molecule has 28 heavy (non-hydrogen) atoms. The zero-order chi connectivity index (χ0) is 20.5. The predicted octanol–water partition coefficient (Wildman–Crippen LogP) is 2.46. The van der Waals surface area contributed by atoms with Crippen molar-refractivity contribution in [2.45, 2.75) is 31.5 Å². The molecule has 1 aliphatic carbocycles. The fourth-order valence-electron chi connectivity index (χ4n) is 3.60. The first-order valence-electron chi connectivity index (χ1n) is 8.70. The molecule has 150 valence electrons. The third-order valence-corrected chi connectivity index (χ3v) is 4.75. The van der Waals surface area contributed by atoms with Gasteiger partial charge in [0.25, 0.3) is 0 Å². The fraction of sp³-hybridized carbons (Fsp3) is 0.421. The number of amides is 1. The van der Waals surface area contributed by atoms with E-state index >= 15 is 0 Å². The highest BCUT2D eigenvalue weighted by Gasteiger charge is 2.55. The summed E-state index contributed by atoms with van der Waals surface area (Å²) in [6.07, 6.45) is -3.34. The Morgan fingerprint density at radius 2 is 2.07 bits per heavy atom. The van der Waals surface area contributed by atoms with Crippen LogP contribution in [0, 0.1) is 0 Å². The molecule has 0 radical (unpaired) electrons. The van der Waals surface area contributed by atoms with Gasteiger partial charge in [0.15, 0.2) is 5.54 Å². The number of aliphatic imine (C=N–C) groups is 1. The Hall–Kier alpha value is -2.84. The first-order valence-corrected chi connectivity index (χ1v) is 8.70. The summed E-state index contributed by atoms with van der Waals surface area (Å²) in [4.78, 5) is 28.9. The van der Waals surface area contributed by atoms with Gasteiger partial charge in [0.1, 0.15) is 5.75 Å².